The molecule has 0 spiro atoms. The fraction of sp³-hybridized carbons (Fsp3) is 0.600. The van der Waals surface area contributed by atoms with Crippen LogP contribution in [0.1, 0.15) is 6.92 Å². The van der Waals surface area contributed by atoms with Gasteiger partial charge in [-0.25, -0.2) is 9.97 Å². The summed E-state index contributed by atoms with van der Waals surface area (Å²) in [6, 6.07) is 0. The topological polar surface area (TPSA) is 47.5 Å². The summed E-state index contributed by atoms with van der Waals surface area (Å²) in [7, 11) is 0. The van der Waals surface area contributed by atoms with Gasteiger partial charge in [0.25, 0.3) is 5.88 Å². The number of ether oxygens (including phenoxy) is 2. The molecule has 2 rings (SSSR count). The number of halogens is 1. The maximum absolute atomic E-state index is 5.85. The highest BCUT2D eigenvalue weighted by Gasteiger charge is 2.18. The molecule has 0 unspecified atom stereocenters. The molecule has 0 atom stereocenters. The first-order valence-electron chi connectivity index (χ1n) is 5.29. The quantitative estimate of drug-likeness (QED) is 0.802. The molecular formula is C10H14ClN3O2. The fourth-order valence-corrected chi connectivity index (χ4v) is 1.70. The van der Waals surface area contributed by atoms with E-state index in [-0.39, 0.29) is 0 Å². The van der Waals surface area contributed by atoms with E-state index in [9.17, 15) is 0 Å². The molecule has 2 heterocycles. The van der Waals surface area contributed by atoms with E-state index in [1.54, 1.807) is 0 Å². The number of aromatic nitrogens is 2. The third-order valence-corrected chi connectivity index (χ3v) is 2.47. The Balaban J connectivity index is 2.24. The van der Waals surface area contributed by atoms with Crippen LogP contribution in [0.25, 0.3) is 0 Å². The Labute approximate surface area is 99.3 Å². The molecule has 1 fully saturated rings. The number of anilines is 1. The molecule has 0 saturated carbocycles. The van der Waals surface area contributed by atoms with Gasteiger partial charge in [0.15, 0.2) is 5.82 Å². The second-order valence-electron chi connectivity index (χ2n) is 3.35. The first-order valence-corrected chi connectivity index (χ1v) is 5.67. The Bertz CT molecular complexity index is 356. The van der Waals surface area contributed by atoms with Crippen molar-refractivity contribution in [3.8, 4) is 5.88 Å². The number of rotatable bonds is 3. The SMILES string of the molecule is CCOc1ncc(Cl)nc1N1CCOCC1. The van der Waals surface area contributed by atoms with Crippen LogP contribution in [0.5, 0.6) is 5.88 Å². The van der Waals surface area contributed by atoms with Crippen molar-refractivity contribution in [2.75, 3.05) is 37.8 Å². The van der Waals surface area contributed by atoms with Gasteiger partial charge in [-0.2, -0.15) is 0 Å². The van der Waals surface area contributed by atoms with Gasteiger partial charge in [0, 0.05) is 13.1 Å². The third-order valence-electron chi connectivity index (χ3n) is 2.28. The normalized spacial score (nSPS) is 16.2. The second kappa shape index (κ2) is 5.32. The average Bonchev–Trinajstić information content (AvgIpc) is 2.33. The van der Waals surface area contributed by atoms with Gasteiger partial charge < -0.3 is 14.4 Å². The summed E-state index contributed by atoms with van der Waals surface area (Å²) in [6.45, 7) is 5.44. The van der Waals surface area contributed by atoms with Gasteiger partial charge >= 0.3 is 0 Å². The number of nitrogens with zero attached hydrogens (tertiary/aromatic N) is 3. The Morgan fingerprint density at radius 3 is 2.94 bits per heavy atom. The van der Waals surface area contributed by atoms with E-state index >= 15 is 0 Å². The van der Waals surface area contributed by atoms with E-state index in [0.29, 0.717) is 36.7 Å². The molecule has 1 aromatic heterocycles. The van der Waals surface area contributed by atoms with Gasteiger partial charge in [-0.3, -0.25) is 0 Å². The van der Waals surface area contributed by atoms with E-state index < -0.39 is 0 Å². The van der Waals surface area contributed by atoms with E-state index in [0.717, 1.165) is 13.1 Å². The van der Waals surface area contributed by atoms with Crippen LogP contribution in [0.2, 0.25) is 5.15 Å². The Morgan fingerprint density at radius 2 is 2.25 bits per heavy atom. The predicted octanol–water partition coefficient (Wildman–Crippen LogP) is 1.37. The third kappa shape index (κ3) is 2.54. The zero-order valence-corrected chi connectivity index (χ0v) is 9.90. The molecule has 0 N–H and O–H groups in total. The summed E-state index contributed by atoms with van der Waals surface area (Å²) in [5.41, 5.74) is 0. The minimum Gasteiger partial charge on any atom is -0.475 e. The van der Waals surface area contributed by atoms with Crippen LogP contribution in [0.3, 0.4) is 0 Å². The zero-order chi connectivity index (χ0) is 11.4. The van der Waals surface area contributed by atoms with Gasteiger partial charge in [0.1, 0.15) is 5.15 Å². The van der Waals surface area contributed by atoms with E-state index in [4.69, 9.17) is 21.1 Å². The molecular weight excluding hydrogens is 230 g/mol. The van der Waals surface area contributed by atoms with E-state index in [1.807, 2.05) is 6.92 Å². The molecule has 16 heavy (non-hydrogen) atoms. The average molecular weight is 244 g/mol. The summed E-state index contributed by atoms with van der Waals surface area (Å²) in [4.78, 5) is 10.5. The zero-order valence-electron chi connectivity index (χ0n) is 9.15. The van der Waals surface area contributed by atoms with Gasteiger partial charge in [0.2, 0.25) is 0 Å². The summed E-state index contributed by atoms with van der Waals surface area (Å²) in [5, 5.41) is 0.380. The van der Waals surface area contributed by atoms with Crippen molar-refractivity contribution in [2.24, 2.45) is 0 Å². The summed E-state index contributed by atoms with van der Waals surface area (Å²) < 4.78 is 10.7. The lowest BCUT2D eigenvalue weighted by molar-refractivity contribution is 0.122. The van der Waals surface area contributed by atoms with Crippen LogP contribution >= 0.6 is 11.6 Å². The number of morpholine rings is 1. The highest BCUT2D eigenvalue weighted by Crippen LogP contribution is 2.25. The van der Waals surface area contributed by atoms with Crippen molar-refractivity contribution in [3.63, 3.8) is 0 Å². The molecule has 1 aliphatic heterocycles. The highest BCUT2D eigenvalue weighted by atomic mass is 35.5. The Morgan fingerprint density at radius 1 is 1.50 bits per heavy atom. The largest absolute Gasteiger partial charge is 0.475 e. The Kier molecular flexibility index (Phi) is 3.79. The number of hydrogen-bond donors (Lipinski definition) is 0. The molecule has 0 bridgehead atoms. The first kappa shape index (κ1) is 11.4. The fourth-order valence-electron chi connectivity index (χ4n) is 1.57. The Hall–Kier alpha value is -1.07. The summed E-state index contributed by atoms with van der Waals surface area (Å²) in [6.07, 6.45) is 1.50. The molecule has 6 heteroatoms. The highest BCUT2D eigenvalue weighted by molar-refractivity contribution is 6.29. The summed E-state index contributed by atoms with van der Waals surface area (Å²) in [5.74, 6) is 1.24. The molecule has 0 aliphatic carbocycles. The van der Waals surface area contributed by atoms with Crippen molar-refractivity contribution >= 4 is 17.4 Å². The van der Waals surface area contributed by atoms with Gasteiger partial charge in [-0.1, -0.05) is 11.6 Å². The summed E-state index contributed by atoms with van der Waals surface area (Å²) >= 11 is 5.85. The monoisotopic (exact) mass is 243 g/mol. The maximum Gasteiger partial charge on any atom is 0.257 e. The van der Waals surface area contributed by atoms with E-state index in [2.05, 4.69) is 14.9 Å². The van der Waals surface area contributed by atoms with E-state index in [1.165, 1.54) is 6.20 Å². The molecule has 0 amide bonds. The van der Waals surface area contributed by atoms with Crippen molar-refractivity contribution in [3.05, 3.63) is 11.3 Å². The van der Waals surface area contributed by atoms with Crippen LogP contribution in [0.4, 0.5) is 5.82 Å². The maximum atomic E-state index is 5.85. The van der Waals surface area contributed by atoms with Crippen LogP contribution in [-0.4, -0.2) is 42.9 Å². The second-order valence-corrected chi connectivity index (χ2v) is 3.74. The van der Waals surface area contributed by atoms with Crippen LogP contribution in [0.15, 0.2) is 6.20 Å². The minimum atomic E-state index is 0.380. The lowest BCUT2D eigenvalue weighted by atomic mass is 10.4. The molecule has 0 aromatic carbocycles. The van der Waals surface area contributed by atoms with Crippen molar-refractivity contribution < 1.29 is 9.47 Å². The minimum absolute atomic E-state index is 0.380. The van der Waals surface area contributed by atoms with Crippen LogP contribution in [0, 0.1) is 0 Å². The lowest BCUT2D eigenvalue weighted by Gasteiger charge is -2.28. The van der Waals surface area contributed by atoms with Crippen LogP contribution < -0.4 is 9.64 Å². The van der Waals surface area contributed by atoms with Gasteiger partial charge in [-0.05, 0) is 6.92 Å². The smallest absolute Gasteiger partial charge is 0.257 e. The molecule has 5 nitrogen and oxygen atoms in total. The standard InChI is InChI=1S/C10H14ClN3O2/c1-2-16-10-9(13-8(11)7-12-10)14-3-5-15-6-4-14/h7H,2-6H2,1H3. The van der Waals surface area contributed by atoms with Crippen molar-refractivity contribution in [1.29, 1.82) is 0 Å². The molecule has 0 radical (unpaired) electrons. The predicted molar refractivity (Wildman–Crippen MR) is 61.2 cm³/mol. The van der Waals surface area contributed by atoms with Crippen molar-refractivity contribution in [1.82, 2.24) is 9.97 Å². The van der Waals surface area contributed by atoms with Gasteiger partial charge in [0.05, 0.1) is 26.0 Å². The molecule has 1 aromatic rings. The lowest BCUT2D eigenvalue weighted by Crippen LogP contribution is -2.37. The number of hydrogen-bond acceptors (Lipinski definition) is 5. The van der Waals surface area contributed by atoms with Crippen LogP contribution in [-0.2, 0) is 4.74 Å². The molecule has 1 saturated heterocycles. The van der Waals surface area contributed by atoms with Gasteiger partial charge in [-0.15, -0.1) is 0 Å². The first-order chi connectivity index (χ1) is 7.81. The molecule has 1 aliphatic rings. The molecule has 88 valence electrons. The van der Waals surface area contributed by atoms with Crippen molar-refractivity contribution in [2.45, 2.75) is 6.92 Å².